The molecule has 0 bridgehead atoms. The molecule has 3 aliphatic heterocycles. The lowest BCUT2D eigenvalue weighted by molar-refractivity contribution is -0.307. The Balaban J connectivity index is 2.01. The first-order valence-electron chi connectivity index (χ1n) is 19.5. The molecule has 56 heavy (non-hydrogen) atoms. The molecule has 17 nitrogen and oxygen atoms in total. The van der Waals surface area contributed by atoms with Crippen LogP contribution in [-0.4, -0.2) is 180 Å². The Hall–Kier alpha value is -1.97. The number of cyclic esters (lactones) is 1. The van der Waals surface area contributed by atoms with Crippen LogP contribution in [0.3, 0.4) is 0 Å². The van der Waals surface area contributed by atoms with Gasteiger partial charge < -0.3 is 73.5 Å². The van der Waals surface area contributed by atoms with E-state index in [1.54, 1.807) is 53.6 Å². The maximum absolute atomic E-state index is 13.6. The predicted molar refractivity (Wildman–Crippen MR) is 199 cm³/mol. The second-order valence-electron chi connectivity index (χ2n) is 16.1. The van der Waals surface area contributed by atoms with Crippen molar-refractivity contribution in [3.05, 3.63) is 12.2 Å². The van der Waals surface area contributed by atoms with Crippen LogP contribution in [0.25, 0.3) is 0 Å². The van der Waals surface area contributed by atoms with Crippen molar-refractivity contribution in [3.63, 3.8) is 0 Å². The van der Waals surface area contributed by atoms with E-state index in [4.69, 9.17) is 33.2 Å². The van der Waals surface area contributed by atoms with Crippen molar-refractivity contribution in [3.8, 4) is 0 Å². The number of aliphatic hydroxyl groups excluding tert-OH is 5. The summed E-state index contributed by atoms with van der Waals surface area (Å²) in [7, 11) is 6.17. The number of hydrogen-bond donors (Lipinski definition) is 6. The fourth-order valence-electron chi connectivity index (χ4n) is 8.07. The summed E-state index contributed by atoms with van der Waals surface area (Å²) in [5.41, 5.74) is -2.06. The van der Waals surface area contributed by atoms with E-state index < -0.39 is 133 Å². The molecular weight excluding hydrogens is 738 g/mol. The van der Waals surface area contributed by atoms with E-state index >= 15 is 0 Å². The van der Waals surface area contributed by atoms with Gasteiger partial charge >= 0.3 is 5.97 Å². The van der Waals surface area contributed by atoms with Crippen molar-refractivity contribution in [2.45, 2.75) is 159 Å². The average Bonchev–Trinajstić information content (AvgIpc) is 3.14. The number of esters is 1. The molecule has 19 atom stereocenters. The lowest BCUT2D eigenvalue weighted by Gasteiger charge is -2.46. The minimum Gasteiger partial charge on any atom is -0.462 e. The molecule has 2 saturated heterocycles. The highest BCUT2D eigenvalue weighted by Gasteiger charge is 2.49. The van der Waals surface area contributed by atoms with E-state index in [1.165, 1.54) is 21.1 Å². The second kappa shape index (κ2) is 21.3. The number of allylic oxidation sites excluding steroid dienone is 1. The van der Waals surface area contributed by atoms with E-state index in [0.717, 1.165) is 12.2 Å². The molecule has 3 aliphatic rings. The van der Waals surface area contributed by atoms with Crippen molar-refractivity contribution in [1.29, 1.82) is 0 Å². The van der Waals surface area contributed by atoms with Gasteiger partial charge in [0.15, 0.2) is 18.4 Å². The van der Waals surface area contributed by atoms with Gasteiger partial charge in [0, 0.05) is 38.4 Å². The first-order valence-corrected chi connectivity index (χ1v) is 19.5. The number of likely N-dealkylation sites (N-methyl/N-ethyl adjacent to an activating group) is 1. The number of aldehydes is 1. The van der Waals surface area contributed by atoms with Crippen LogP contribution in [0.1, 0.15) is 67.2 Å². The highest BCUT2D eigenvalue weighted by molar-refractivity contribution is 5.91. The van der Waals surface area contributed by atoms with Gasteiger partial charge in [-0.3, -0.25) is 9.59 Å². The van der Waals surface area contributed by atoms with Gasteiger partial charge in [-0.1, -0.05) is 20.8 Å². The van der Waals surface area contributed by atoms with Crippen LogP contribution in [0.2, 0.25) is 0 Å². The van der Waals surface area contributed by atoms with Gasteiger partial charge in [-0.15, -0.1) is 0 Å². The van der Waals surface area contributed by atoms with E-state index in [1.807, 2.05) is 0 Å². The third-order valence-electron chi connectivity index (χ3n) is 11.7. The lowest BCUT2D eigenvalue weighted by Crippen LogP contribution is -2.63. The first-order chi connectivity index (χ1) is 26.2. The minimum absolute atomic E-state index is 0.0584. The van der Waals surface area contributed by atoms with E-state index in [9.17, 15) is 45.0 Å². The number of hydrogen-bond acceptors (Lipinski definition) is 17. The van der Waals surface area contributed by atoms with Crippen molar-refractivity contribution in [2.24, 2.45) is 23.7 Å². The van der Waals surface area contributed by atoms with Gasteiger partial charge in [0.2, 0.25) is 0 Å². The molecule has 17 heteroatoms. The lowest BCUT2D eigenvalue weighted by atomic mass is 9.79. The van der Waals surface area contributed by atoms with Gasteiger partial charge in [0.25, 0.3) is 0 Å². The van der Waals surface area contributed by atoms with Crippen LogP contribution in [0.15, 0.2) is 12.2 Å². The predicted octanol–water partition coefficient (Wildman–Crippen LogP) is -0.272. The molecule has 0 amide bonds. The summed E-state index contributed by atoms with van der Waals surface area (Å²) >= 11 is 0. The Bertz CT molecular complexity index is 1280. The largest absolute Gasteiger partial charge is 0.462 e. The van der Waals surface area contributed by atoms with Crippen LogP contribution in [0.5, 0.6) is 0 Å². The molecule has 0 aromatic heterocycles. The smallest absolute Gasteiger partial charge is 0.308 e. The minimum atomic E-state index is -2.06. The molecular formula is C39H67NO16. The number of aliphatic hydroxyl groups is 6. The van der Waals surface area contributed by atoms with Crippen molar-refractivity contribution < 1.29 is 78.2 Å². The molecule has 324 valence electrons. The van der Waals surface area contributed by atoms with Crippen LogP contribution < -0.4 is 0 Å². The van der Waals surface area contributed by atoms with Gasteiger partial charge in [-0.25, -0.2) is 0 Å². The van der Waals surface area contributed by atoms with E-state index in [2.05, 4.69) is 0 Å². The maximum Gasteiger partial charge on any atom is 0.308 e. The molecule has 2 fully saturated rings. The number of rotatable bonds is 11. The third-order valence-corrected chi connectivity index (χ3v) is 11.7. The summed E-state index contributed by atoms with van der Waals surface area (Å²) in [5.74, 6) is -4.77. The molecule has 3 heterocycles. The Morgan fingerprint density at radius 2 is 1.52 bits per heavy atom. The standard InChI is InChI=1S/C39H67NO16/c1-11-27-24(18-52-38-35(51-10)34(50-9)31(46)22(5)54-38)36(48)39(6,49)14-12-25(42)19(2)16-23(13-15-41)33(20(3)26(43)17-28(44)55-27)56-37-32(47)29(40(7)8)30(45)21(4)53-37/h12,14-15,19-24,26-27,29-38,43,45-49H,11,13,16-18H2,1-10H3/b14-12+/t19-,20+,21-,22-,23+,24?,26-,27-,29+,30-,31-,32-,33-,34-,35-,36?,37+,38-,39?/m1/s1. The summed E-state index contributed by atoms with van der Waals surface area (Å²) in [6.45, 7) is 9.14. The summed E-state index contributed by atoms with van der Waals surface area (Å²) in [4.78, 5) is 40.9. The second-order valence-corrected chi connectivity index (χ2v) is 16.1. The summed E-state index contributed by atoms with van der Waals surface area (Å²) in [6, 6.07) is -0.784. The fraction of sp³-hybridized carbons (Fsp3) is 0.872. The Labute approximate surface area is 330 Å². The topological polar surface area (TPSA) is 240 Å². The zero-order chi connectivity index (χ0) is 42.2. The van der Waals surface area contributed by atoms with Gasteiger partial charge in [-0.2, -0.15) is 0 Å². The molecule has 0 aromatic carbocycles. The van der Waals surface area contributed by atoms with Crippen LogP contribution in [0.4, 0.5) is 0 Å². The molecule has 0 aliphatic carbocycles. The zero-order valence-corrected chi connectivity index (χ0v) is 34.4. The molecule has 3 rings (SSSR count). The monoisotopic (exact) mass is 805 g/mol. The number of carbonyl (C=O) groups excluding carboxylic acids is 3. The summed E-state index contributed by atoms with van der Waals surface area (Å²) in [6.07, 6.45) is -11.8. The summed E-state index contributed by atoms with van der Waals surface area (Å²) < 4.78 is 41.2. The molecule has 6 N–H and O–H groups in total. The maximum atomic E-state index is 13.6. The number of ketones is 1. The first kappa shape index (κ1) is 48.4. The molecule has 0 saturated carbocycles. The molecule has 0 aromatic rings. The number of carbonyl (C=O) groups is 3. The van der Waals surface area contributed by atoms with Gasteiger partial charge in [-0.05, 0) is 65.8 Å². The number of nitrogens with zero attached hydrogens (tertiary/aromatic N) is 1. The third kappa shape index (κ3) is 11.6. The van der Waals surface area contributed by atoms with Crippen molar-refractivity contribution >= 4 is 18.0 Å². The fourth-order valence-corrected chi connectivity index (χ4v) is 8.07. The molecule has 0 radical (unpaired) electrons. The molecule has 0 spiro atoms. The summed E-state index contributed by atoms with van der Waals surface area (Å²) in [5, 5.41) is 67.6. The highest BCUT2D eigenvalue weighted by Crippen LogP contribution is 2.35. The van der Waals surface area contributed by atoms with Gasteiger partial charge in [0.05, 0.1) is 55.7 Å². The SMILES string of the molecule is CC[C@H]1OC(=O)C[C@@H](O)[C@H](C)[C@@H](O[C@@H]2O[C@H](C)[C@@H](O)[C@H](N(C)C)[C@H]2O)[C@@H](CC=O)C[C@@H](C)C(=O)/C=C/C(C)(O)C(O)C1CO[C@@H]1O[C@H](C)[C@@H](O)[C@@H](OC)[C@H]1OC. The Morgan fingerprint density at radius 3 is 2.09 bits per heavy atom. The van der Waals surface area contributed by atoms with Crippen molar-refractivity contribution in [1.82, 2.24) is 4.90 Å². The number of methoxy groups -OCH3 is 2. The van der Waals surface area contributed by atoms with Crippen LogP contribution in [0, 0.1) is 23.7 Å². The van der Waals surface area contributed by atoms with E-state index in [-0.39, 0.29) is 25.9 Å². The average molecular weight is 806 g/mol. The van der Waals surface area contributed by atoms with Crippen LogP contribution in [-0.2, 0) is 47.5 Å². The normalized spacial score (nSPS) is 45.7. The number of ether oxygens (including phenoxy) is 7. The van der Waals surface area contributed by atoms with Gasteiger partial charge in [0.1, 0.15) is 42.4 Å². The van der Waals surface area contributed by atoms with E-state index in [0.29, 0.717) is 6.29 Å². The Kier molecular flexibility index (Phi) is 18.4. The van der Waals surface area contributed by atoms with Crippen LogP contribution >= 0.6 is 0 Å². The quantitative estimate of drug-likeness (QED) is 0.116. The Morgan fingerprint density at radius 1 is 0.911 bits per heavy atom. The van der Waals surface area contributed by atoms with Crippen molar-refractivity contribution in [2.75, 3.05) is 34.9 Å². The zero-order valence-electron chi connectivity index (χ0n) is 34.4. The highest BCUT2D eigenvalue weighted by atomic mass is 16.7. The molecule has 3 unspecified atom stereocenters.